The van der Waals surface area contributed by atoms with Gasteiger partial charge >= 0.3 is 0 Å². The number of benzene rings is 1. The Labute approximate surface area is 172 Å². The first-order valence-corrected chi connectivity index (χ1v) is 9.56. The van der Waals surface area contributed by atoms with Gasteiger partial charge in [0.05, 0.1) is 26.5 Å². The number of anilines is 2. The second-order valence-corrected chi connectivity index (χ2v) is 7.18. The van der Waals surface area contributed by atoms with Crippen molar-refractivity contribution in [3.8, 4) is 11.5 Å². The lowest BCUT2D eigenvalue weighted by Gasteiger charge is -2.29. The second-order valence-electron chi connectivity index (χ2n) is 7.18. The highest BCUT2D eigenvalue weighted by atomic mass is 16.6. The summed E-state index contributed by atoms with van der Waals surface area (Å²) in [5.74, 6) is 2.70. The molecule has 2 aromatic heterocycles. The van der Waals surface area contributed by atoms with Crippen molar-refractivity contribution >= 4 is 17.4 Å². The number of carbonyl (C=O) groups excluding carboxylic acids is 1. The van der Waals surface area contributed by atoms with E-state index in [-0.39, 0.29) is 11.7 Å². The van der Waals surface area contributed by atoms with E-state index >= 15 is 0 Å². The monoisotopic (exact) mass is 408 g/mol. The molecule has 0 unspecified atom stereocenters. The van der Waals surface area contributed by atoms with Crippen molar-refractivity contribution in [2.24, 2.45) is 0 Å². The Bertz CT molecular complexity index is 1120. The van der Waals surface area contributed by atoms with Crippen molar-refractivity contribution in [1.29, 1.82) is 0 Å². The van der Waals surface area contributed by atoms with E-state index in [4.69, 9.17) is 18.5 Å². The van der Waals surface area contributed by atoms with Crippen molar-refractivity contribution in [3.63, 3.8) is 0 Å². The van der Waals surface area contributed by atoms with E-state index in [1.165, 1.54) is 0 Å². The van der Waals surface area contributed by atoms with Crippen LogP contribution in [-0.2, 0) is 4.79 Å². The molecule has 3 heterocycles. The molecule has 5 rings (SSSR count). The summed E-state index contributed by atoms with van der Waals surface area (Å²) in [6, 6.07) is 8.77. The minimum Gasteiger partial charge on any atom is -0.493 e. The Morgan fingerprint density at radius 3 is 2.70 bits per heavy atom. The van der Waals surface area contributed by atoms with E-state index in [0.717, 1.165) is 17.0 Å². The molecule has 154 valence electrons. The number of nitrogens with one attached hydrogen (secondary N) is 2. The summed E-state index contributed by atoms with van der Waals surface area (Å²) in [4.78, 5) is 13.4. The minimum atomic E-state index is -0.518. The van der Waals surface area contributed by atoms with Crippen LogP contribution in [0.5, 0.6) is 11.5 Å². The van der Waals surface area contributed by atoms with Crippen LogP contribution in [0.4, 0.5) is 11.6 Å². The van der Waals surface area contributed by atoms with Gasteiger partial charge in [-0.3, -0.25) is 4.79 Å². The number of allylic oxidation sites excluding steroid dienone is 1. The molecule has 9 heteroatoms. The zero-order valence-corrected chi connectivity index (χ0v) is 16.5. The lowest BCUT2D eigenvalue weighted by atomic mass is 9.80. The van der Waals surface area contributed by atoms with E-state index in [1.807, 2.05) is 30.3 Å². The molecule has 2 aliphatic rings. The molecule has 0 spiro atoms. The summed E-state index contributed by atoms with van der Waals surface area (Å²) in [5, 5.41) is 14.4. The van der Waals surface area contributed by atoms with Crippen LogP contribution in [0.2, 0.25) is 0 Å². The van der Waals surface area contributed by atoms with Gasteiger partial charge in [0.1, 0.15) is 5.76 Å². The third kappa shape index (κ3) is 2.90. The maximum absolute atomic E-state index is 13.4. The molecule has 0 saturated carbocycles. The number of ketones is 1. The third-order valence-electron chi connectivity index (χ3n) is 5.53. The Hall–Kier alpha value is -3.75. The van der Waals surface area contributed by atoms with Crippen LogP contribution in [0.15, 0.2) is 56.9 Å². The second kappa shape index (κ2) is 7.25. The Morgan fingerprint density at radius 2 is 1.93 bits per heavy atom. The van der Waals surface area contributed by atoms with Gasteiger partial charge < -0.3 is 24.5 Å². The highest BCUT2D eigenvalue weighted by Gasteiger charge is 2.39. The fraction of sp³-hybridized carbons (Fsp3) is 0.286. The molecular weight excluding hydrogens is 388 g/mol. The Morgan fingerprint density at radius 1 is 1.07 bits per heavy atom. The average Bonchev–Trinajstić information content (AvgIpc) is 3.42. The van der Waals surface area contributed by atoms with Gasteiger partial charge in [-0.2, -0.15) is 0 Å². The van der Waals surface area contributed by atoms with E-state index in [2.05, 4.69) is 20.9 Å². The Kier molecular flexibility index (Phi) is 4.42. The van der Waals surface area contributed by atoms with E-state index < -0.39 is 6.04 Å². The smallest absolute Gasteiger partial charge is 0.219 e. The number of rotatable bonds is 4. The van der Waals surface area contributed by atoms with E-state index in [1.54, 1.807) is 20.5 Å². The number of furan rings is 1. The van der Waals surface area contributed by atoms with Crippen molar-refractivity contribution in [3.05, 3.63) is 59.2 Å². The lowest BCUT2D eigenvalue weighted by Crippen LogP contribution is -2.27. The summed E-state index contributed by atoms with van der Waals surface area (Å²) in [5.41, 5.74) is 2.13. The maximum Gasteiger partial charge on any atom is 0.219 e. The first kappa shape index (κ1) is 18.3. The molecule has 0 saturated heterocycles. The van der Waals surface area contributed by atoms with Gasteiger partial charge in [0, 0.05) is 29.2 Å². The van der Waals surface area contributed by atoms with Gasteiger partial charge in [-0.1, -0.05) is 12.1 Å². The highest BCUT2D eigenvalue weighted by Crippen LogP contribution is 2.46. The molecule has 0 fully saturated rings. The van der Waals surface area contributed by atoms with Crippen LogP contribution >= 0.6 is 0 Å². The van der Waals surface area contributed by atoms with Gasteiger partial charge in [-0.15, -0.1) is 0 Å². The molecule has 1 aliphatic heterocycles. The SMILES string of the molecule is COc1cccc([C@H]2Nc3nonc3NC3=C2C(=O)C[C@@H](c2ccco2)C3)c1OC. The van der Waals surface area contributed by atoms with Crippen molar-refractivity contribution in [2.45, 2.75) is 24.8 Å². The lowest BCUT2D eigenvalue weighted by molar-refractivity contribution is -0.116. The first-order chi connectivity index (χ1) is 14.7. The zero-order chi connectivity index (χ0) is 20.7. The number of nitrogens with zero attached hydrogens (tertiary/aromatic N) is 2. The Balaban J connectivity index is 1.65. The van der Waals surface area contributed by atoms with E-state index in [0.29, 0.717) is 41.5 Å². The van der Waals surface area contributed by atoms with Gasteiger partial charge in [0.15, 0.2) is 17.3 Å². The van der Waals surface area contributed by atoms with Crippen molar-refractivity contribution < 1.29 is 23.3 Å². The topological polar surface area (TPSA) is 112 Å². The maximum atomic E-state index is 13.4. The number of carbonyl (C=O) groups is 1. The number of ether oxygens (including phenoxy) is 2. The molecule has 1 aliphatic carbocycles. The number of hydrogen-bond acceptors (Lipinski definition) is 9. The van der Waals surface area contributed by atoms with Gasteiger partial charge in [0.2, 0.25) is 11.6 Å². The highest BCUT2D eigenvalue weighted by molar-refractivity contribution is 6.01. The van der Waals surface area contributed by atoms with Crippen LogP contribution in [-0.4, -0.2) is 30.3 Å². The van der Waals surface area contributed by atoms with Gasteiger partial charge in [0.25, 0.3) is 0 Å². The number of methoxy groups -OCH3 is 2. The number of Topliss-reactive ketones (excluding diaryl/α,β-unsaturated/α-hetero) is 1. The molecule has 1 aromatic carbocycles. The van der Waals surface area contributed by atoms with Crippen LogP contribution < -0.4 is 20.1 Å². The largest absolute Gasteiger partial charge is 0.493 e. The number of fused-ring (bicyclic) bond motifs is 1. The van der Waals surface area contributed by atoms with Crippen LogP contribution in [0.25, 0.3) is 0 Å². The summed E-state index contributed by atoms with van der Waals surface area (Å²) in [6.45, 7) is 0. The van der Waals surface area contributed by atoms with Crippen LogP contribution in [0, 0.1) is 0 Å². The molecule has 9 nitrogen and oxygen atoms in total. The molecule has 2 N–H and O–H groups in total. The number of hydrogen-bond donors (Lipinski definition) is 2. The summed E-state index contributed by atoms with van der Waals surface area (Å²) in [7, 11) is 3.15. The quantitative estimate of drug-likeness (QED) is 0.668. The number of aromatic nitrogens is 2. The normalized spacial score (nSPS) is 20.5. The molecule has 30 heavy (non-hydrogen) atoms. The summed E-state index contributed by atoms with van der Waals surface area (Å²) < 4.78 is 21.6. The molecular formula is C21H20N4O5. The van der Waals surface area contributed by atoms with Crippen molar-refractivity contribution in [1.82, 2.24) is 10.3 Å². The molecule has 3 aromatic rings. The predicted octanol–water partition coefficient (Wildman–Crippen LogP) is 3.66. The van der Waals surface area contributed by atoms with Crippen LogP contribution in [0.3, 0.4) is 0 Å². The standard InChI is InChI=1S/C21H20N4O5/c1-27-16-6-3-5-12(19(16)28-2)18-17-13(22-20-21(23-18)25-30-24-20)9-11(10-14(17)26)15-7-4-8-29-15/h3-8,11,18H,9-10H2,1-2H3,(H,22,24)(H,23,25)/t11-,18+/m0/s1. The van der Waals surface area contributed by atoms with Gasteiger partial charge in [-0.25, -0.2) is 4.63 Å². The summed E-state index contributed by atoms with van der Waals surface area (Å²) in [6.07, 6.45) is 2.55. The van der Waals surface area contributed by atoms with Gasteiger partial charge in [-0.05, 0) is 34.9 Å². The van der Waals surface area contributed by atoms with Crippen LogP contribution in [0.1, 0.15) is 36.1 Å². The fourth-order valence-electron chi connectivity index (χ4n) is 4.20. The predicted molar refractivity (Wildman–Crippen MR) is 107 cm³/mol. The van der Waals surface area contributed by atoms with Crippen molar-refractivity contribution in [2.75, 3.05) is 24.9 Å². The van der Waals surface area contributed by atoms with E-state index in [9.17, 15) is 4.79 Å². The first-order valence-electron chi connectivity index (χ1n) is 9.56. The minimum absolute atomic E-state index is 0.00890. The molecule has 0 bridgehead atoms. The number of para-hydroxylation sites is 1. The summed E-state index contributed by atoms with van der Waals surface area (Å²) >= 11 is 0. The molecule has 2 atom stereocenters. The third-order valence-corrected chi connectivity index (χ3v) is 5.53. The average molecular weight is 408 g/mol. The zero-order valence-electron chi connectivity index (χ0n) is 16.5. The molecule has 0 radical (unpaired) electrons. The molecule has 0 amide bonds. The fourth-order valence-corrected chi connectivity index (χ4v) is 4.20.